The first-order valence-corrected chi connectivity index (χ1v) is 7.59. The van der Waals surface area contributed by atoms with Crippen LogP contribution in [0, 0.1) is 5.92 Å². The maximum absolute atomic E-state index is 12.2. The van der Waals surface area contributed by atoms with E-state index in [0.29, 0.717) is 17.3 Å². The molecule has 0 aliphatic heterocycles. The van der Waals surface area contributed by atoms with Gasteiger partial charge in [0.2, 0.25) is 5.91 Å². The maximum Gasteiger partial charge on any atom is 0.251 e. The lowest BCUT2D eigenvalue weighted by molar-refractivity contribution is -0.120. The van der Waals surface area contributed by atoms with Crippen molar-refractivity contribution in [1.82, 2.24) is 5.32 Å². The van der Waals surface area contributed by atoms with E-state index in [1.165, 1.54) is 0 Å². The number of benzene rings is 1. The van der Waals surface area contributed by atoms with Crippen LogP contribution in [0.15, 0.2) is 36.4 Å². The number of carbonyl (C=O) groups excluding carboxylic acids is 2. The Hall–Kier alpha value is -2.10. The van der Waals surface area contributed by atoms with Gasteiger partial charge in [0, 0.05) is 23.2 Å². The van der Waals surface area contributed by atoms with E-state index in [1.807, 2.05) is 6.07 Å². The third kappa shape index (κ3) is 3.72. The summed E-state index contributed by atoms with van der Waals surface area (Å²) in [5, 5.41) is 5.88. The highest BCUT2D eigenvalue weighted by Crippen LogP contribution is 2.22. The first kappa shape index (κ1) is 13.9. The molecule has 1 atom stereocenters. The van der Waals surface area contributed by atoms with Gasteiger partial charge in [-0.3, -0.25) is 9.59 Å². The Morgan fingerprint density at radius 1 is 1.10 bits per heavy atom. The lowest BCUT2D eigenvalue weighted by Gasteiger charge is -2.17. The molecule has 2 amide bonds. The minimum absolute atomic E-state index is 0.0407. The van der Waals surface area contributed by atoms with Gasteiger partial charge in [0.05, 0.1) is 0 Å². The number of hydrogen-bond donors (Lipinski definition) is 2. The molecule has 21 heavy (non-hydrogen) atoms. The summed E-state index contributed by atoms with van der Waals surface area (Å²) in [6, 6.07) is 7.48. The van der Waals surface area contributed by atoms with E-state index in [0.717, 1.165) is 32.1 Å². The second kappa shape index (κ2) is 6.12. The van der Waals surface area contributed by atoms with Crippen LogP contribution in [0.4, 0.5) is 5.69 Å². The Morgan fingerprint density at radius 3 is 2.67 bits per heavy atom. The average molecular weight is 284 g/mol. The molecule has 1 saturated carbocycles. The molecule has 0 heterocycles. The topological polar surface area (TPSA) is 58.2 Å². The van der Waals surface area contributed by atoms with Gasteiger partial charge in [-0.15, -0.1) is 0 Å². The van der Waals surface area contributed by atoms with Crippen LogP contribution in [0.3, 0.4) is 0 Å². The molecule has 1 aromatic rings. The summed E-state index contributed by atoms with van der Waals surface area (Å²) in [6.07, 6.45) is 8.97. The maximum atomic E-state index is 12.2. The van der Waals surface area contributed by atoms with Gasteiger partial charge in [0.1, 0.15) is 0 Å². The van der Waals surface area contributed by atoms with Gasteiger partial charge in [-0.1, -0.05) is 18.2 Å². The molecule has 0 aromatic heterocycles. The van der Waals surface area contributed by atoms with E-state index in [2.05, 4.69) is 22.8 Å². The van der Waals surface area contributed by atoms with Gasteiger partial charge in [-0.2, -0.15) is 0 Å². The van der Waals surface area contributed by atoms with Crippen molar-refractivity contribution in [3.05, 3.63) is 42.0 Å². The molecule has 4 nitrogen and oxygen atoms in total. The Labute approximate surface area is 124 Å². The fraction of sp³-hybridized carbons (Fsp3) is 0.412. The Kier molecular flexibility index (Phi) is 4.04. The fourth-order valence-corrected chi connectivity index (χ4v) is 2.51. The van der Waals surface area contributed by atoms with Crippen molar-refractivity contribution in [2.24, 2.45) is 5.92 Å². The molecule has 2 aliphatic carbocycles. The average Bonchev–Trinajstić information content (AvgIpc) is 3.32. The van der Waals surface area contributed by atoms with Crippen LogP contribution in [0.1, 0.15) is 42.5 Å². The smallest absolute Gasteiger partial charge is 0.251 e. The van der Waals surface area contributed by atoms with E-state index in [1.54, 1.807) is 18.2 Å². The van der Waals surface area contributed by atoms with E-state index in [-0.39, 0.29) is 17.7 Å². The summed E-state index contributed by atoms with van der Waals surface area (Å²) in [6.45, 7) is 0. The molecule has 0 radical (unpaired) electrons. The molecule has 1 aromatic carbocycles. The zero-order valence-corrected chi connectivity index (χ0v) is 12.0. The molecule has 0 bridgehead atoms. The van der Waals surface area contributed by atoms with Gasteiger partial charge >= 0.3 is 0 Å². The Morgan fingerprint density at radius 2 is 1.95 bits per heavy atom. The standard InChI is InChI=1S/C17H20N2O2/c20-16(12-5-2-1-3-6-12)19-15-8-4-7-13(11-15)17(21)18-14-9-10-14/h1-2,4,7-8,11-12,14H,3,5-6,9-10H2,(H,18,21)(H,19,20)/t12-/m1/s1. The van der Waals surface area contributed by atoms with E-state index in [9.17, 15) is 9.59 Å². The van der Waals surface area contributed by atoms with Crippen molar-refractivity contribution in [1.29, 1.82) is 0 Å². The van der Waals surface area contributed by atoms with Crippen LogP contribution in [0.25, 0.3) is 0 Å². The quantitative estimate of drug-likeness (QED) is 0.835. The largest absolute Gasteiger partial charge is 0.349 e. The number of amides is 2. The highest BCUT2D eigenvalue weighted by Gasteiger charge is 2.24. The van der Waals surface area contributed by atoms with Gasteiger partial charge in [-0.05, 0) is 50.3 Å². The van der Waals surface area contributed by atoms with E-state index in [4.69, 9.17) is 0 Å². The zero-order valence-electron chi connectivity index (χ0n) is 12.0. The van der Waals surface area contributed by atoms with Crippen LogP contribution in [-0.4, -0.2) is 17.9 Å². The summed E-state index contributed by atoms with van der Waals surface area (Å²) in [7, 11) is 0. The molecule has 0 unspecified atom stereocenters. The Bertz CT molecular complexity index is 576. The monoisotopic (exact) mass is 284 g/mol. The normalized spacial score (nSPS) is 20.9. The second-order valence-electron chi connectivity index (χ2n) is 5.80. The molecule has 4 heteroatoms. The summed E-state index contributed by atoms with van der Waals surface area (Å²) >= 11 is 0. The van der Waals surface area contributed by atoms with Crippen LogP contribution in [-0.2, 0) is 4.79 Å². The van der Waals surface area contributed by atoms with Crippen molar-refractivity contribution >= 4 is 17.5 Å². The molecular formula is C17H20N2O2. The number of carbonyl (C=O) groups is 2. The van der Waals surface area contributed by atoms with E-state index >= 15 is 0 Å². The number of hydrogen-bond acceptors (Lipinski definition) is 2. The molecule has 1 fully saturated rings. The van der Waals surface area contributed by atoms with Gasteiger partial charge < -0.3 is 10.6 Å². The van der Waals surface area contributed by atoms with Crippen LogP contribution in [0.5, 0.6) is 0 Å². The number of allylic oxidation sites excluding steroid dienone is 2. The minimum Gasteiger partial charge on any atom is -0.349 e. The first-order valence-electron chi connectivity index (χ1n) is 7.59. The Balaban J connectivity index is 1.63. The SMILES string of the molecule is O=C(NC1CC1)c1cccc(NC(=O)[C@@H]2CC=CCC2)c1. The van der Waals surface area contributed by atoms with Crippen LogP contribution in [0.2, 0.25) is 0 Å². The first-order chi connectivity index (χ1) is 10.2. The molecule has 0 saturated heterocycles. The second-order valence-corrected chi connectivity index (χ2v) is 5.80. The summed E-state index contributed by atoms with van der Waals surface area (Å²) in [5.41, 5.74) is 1.29. The van der Waals surface area contributed by atoms with E-state index < -0.39 is 0 Å². The van der Waals surface area contributed by atoms with Crippen LogP contribution >= 0.6 is 0 Å². The third-order valence-electron chi connectivity index (χ3n) is 3.94. The highest BCUT2D eigenvalue weighted by atomic mass is 16.2. The molecule has 2 aliphatic rings. The third-order valence-corrected chi connectivity index (χ3v) is 3.94. The van der Waals surface area contributed by atoms with Crippen molar-refractivity contribution in [3.8, 4) is 0 Å². The highest BCUT2D eigenvalue weighted by molar-refractivity contribution is 5.98. The number of nitrogens with one attached hydrogen (secondary N) is 2. The van der Waals surface area contributed by atoms with Crippen molar-refractivity contribution in [3.63, 3.8) is 0 Å². The minimum atomic E-state index is -0.0609. The molecule has 110 valence electrons. The van der Waals surface area contributed by atoms with Crippen molar-refractivity contribution < 1.29 is 9.59 Å². The predicted molar refractivity (Wildman–Crippen MR) is 82.0 cm³/mol. The zero-order chi connectivity index (χ0) is 14.7. The summed E-state index contributed by atoms with van der Waals surface area (Å²) < 4.78 is 0. The lowest BCUT2D eigenvalue weighted by atomic mass is 9.93. The van der Waals surface area contributed by atoms with Crippen molar-refractivity contribution in [2.45, 2.75) is 38.1 Å². The lowest BCUT2D eigenvalue weighted by Crippen LogP contribution is -2.26. The van der Waals surface area contributed by atoms with Gasteiger partial charge in [-0.25, -0.2) is 0 Å². The molecule has 3 rings (SSSR count). The molecule has 0 spiro atoms. The molecular weight excluding hydrogens is 264 g/mol. The number of anilines is 1. The van der Waals surface area contributed by atoms with Gasteiger partial charge in [0.25, 0.3) is 5.91 Å². The predicted octanol–water partition coefficient (Wildman–Crippen LogP) is 2.87. The molecule has 2 N–H and O–H groups in total. The summed E-state index contributed by atoms with van der Waals surface area (Å²) in [5.74, 6) is 0.0206. The number of rotatable bonds is 4. The van der Waals surface area contributed by atoms with Gasteiger partial charge in [0.15, 0.2) is 0 Å². The summed E-state index contributed by atoms with van der Waals surface area (Å²) in [4.78, 5) is 24.2. The van der Waals surface area contributed by atoms with Crippen LogP contribution < -0.4 is 10.6 Å². The van der Waals surface area contributed by atoms with Crippen molar-refractivity contribution in [2.75, 3.05) is 5.32 Å². The fourth-order valence-electron chi connectivity index (χ4n) is 2.51.